The quantitative estimate of drug-likeness (QED) is 0.459. The predicted octanol–water partition coefficient (Wildman–Crippen LogP) is 1.80. The molecule has 0 aromatic heterocycles. The van der Waals surface area contributed by atoms with E-state index in [4.69, 9.17) is 16.3 Å². The molecule has 7 heteroatoms. The fourth-order valence-electron chi connectivity index (χ4n) is 0.950. The van der Waals surface area contributed by atoms with Crippen LogP contribution in [-0.2, 0) is 9.53 Å². The van der Waals surface area contributed by atoms with Gasteiger partial charge >= 0.3 is 11.7 Å². The van der Waals surface area contributed by atoms with Crippen molar-refractivity contribution in [1.29, 1.82) is 0 Å². The minimum Gasteiger partial charge on any atom is -0.475 e. The second-order valence-electron chi connectivity index (χ2n) is 2.73. The van der Waals surface area contributed by atoms with Gasteiger partial charge in [-0.1, -0.05) is 11.6 Å². The number of benzene rings is 1. The normalized spacial score (nSPS) is 9.62. The summed E-state index contributed by atoms with van der Waals surface area (Å²) in [5.41, 5.74) is -0.256. The SMILES string of the molecule is COC(=O)COc1cc(Cl)ccc1[N+](=O)[O-]. The molecule has 0 unspecified atom stereocenters. The molecule has 6 nitrogen and oxygen atoms in total. The van der Waals surface area contributed by atoms with E-state index >= 15 is 0 Å². The third-order valence-electron chi connectivity index (χ3n) is 1.69. The first-order valence-electron chi connectivity index (χ1n) is 4.18. The van der Waals surface area contributed by atoms with E-state index in [1.165, 1.54) is 25.3 Å². The summed E-state index contributed by atoms with van der Waals surface area (Å²) in [4.78, 5) is 20.8. The van der Waals surface area contributed by atoms with E-state index in [9.17, 15) is 14.9 Å². The highest BCUT2D eigenvalue weighted by molar-refractivity contribution is 6.30. The van der Waals surface area contributed by atoms with Crippen molar-refractivity contribution in [3.8, 4) is 5.75 Å². The Kier molecular flexibility index (Phi) is 4.07. The van der Waals surface area contributed by atoms with E-state index in [0.29, 0.717) is 0 Å². The molecule has 0 radical (unpaired) electrons. The summed E-state index contributed by atoms with van der Waals surface area (Å²) in [5.74, 6) is -0.697. The molecule has 16 heavy (non-hydrogen) atoms. The number of carbonyl (C=O) groups excluding carboxylic acids is 1. The van der Waals surface area contributed by atoms with Gasteiger partial charge in [-0.3, -0.25) is 10.1 Å². The van der Waals surface area contributed by atoms with Crippen LogP contribution in [0, 0.1) is 10.1 Å². The van der Waals surface area contributed by atoms with E-state index in [-0.39, 0.29) is 16.5 Å². The summed E-state index contributed by atoms with van der Waals surface area (Å²) < 4.78 is 9.27. The van der Waals surface area contributed by atoms with Gasteiger partial charge in [-0.05, 0) is 6.07 Å². The summed E-state index contributed by atoms with van der Waals surface area (Å²) >= 11 is 5.65. The van der Waals surface area contributed by atoms with Crippen LogP contribution in [-0.4, -0.2) is 24.6 Å². The number of esters is 1. The van der Waals surface area contributed by atoms with Crippen molar-refractivity contribution in [3.05, 3.63) is 33.3 Å². The fraction of sp³-hybridized carbons (Fsp3) is 0.222. The van der Waals surface area contributed by atoms with Gasteiger partial charge in [-0.2, -0.15) is 0 Å². The van der Waals surface area contributed by atoms with Gasteiger partial charge < -0.3 is 9.47 Å². The number of halogens is 1. The maximum Gasteiger partial charge on any atom is 0.343 e. The van der Waals surface area contributed by atoms with E-state index in [0.717, 1.165) is 0 Å². The first-order chi connectivity index (χ1) is 7.54. The summed E-state index contributed by atoms with van der Waals surface area (Å²) in [6.45, 7) is -0.405. The molecule has 0 heterocycles. The van der Waals surface area contributed by atoms with Crippen molar-refractivity contribution in [2.45, 2.75) is 0 Å². The van der Waals surface area contributed by atoms with Crippen LogP contribution < -0.4 is 4.74 Å². The van der Waals surface area contributed by atoms with Crippen molar-refractivity contribution in [3.63, 3.8) is 0 Å². The van der Waals surface area contributed by atoms with E-state index in [1.807, 2.05) is 0 Å². The molecule has 0 spiro atoms. The lowest BCUT2D eigenvalue weighted by Crippen LogP contribution is -2.13. The van der Waals surface area contributed by atoms with Gasteiger partial charge in [-0.15, -0.1) is 0 Å². The smallest absolute Gasteiger partial charge is 0.343 e. The van der Waals surface area contributed by atoms with E-state index < -0.39 is 17.5 Å². The van der Waals surface area contributed by atoms with Gasteiger partial charge in [0.1, 0.15) is 0 Å². The molecule has 0 fully saturated rings. The van der Waals surface area contributed by atoms with Crippen LogP contribution in [0.3, 0.4) is 0 Å². The Labute approximate surface area is 95.9 Å². The first-order valence-corrected chi connectivity index (χ1v) is 4.56. The van der Waals surface area contributed by atoms with Gasteiger partial charge in [0.05, 0.1) is 12.0 Å². The molecule has 0 saturated heterocycles. The maximum atomic E-state index is 10.8. The number of ether oxygens (including phenoxy) is 2. The lowest BCUT2D eigenvalue weighted by molar-refractivity contribution is -0.385. The Balaban J connectivity index is 2.88. The van der Waals surface area contributed by atoms with Crippen LogP contribution >= 0.6 is 11.6 Å². The minimum atomic E-state index is -0.630. The molecule has 0 aliphatic carbocycles. The molecule has 1 aromatic rings. The number of nitrogens with zero attached hydrogens (tertiary/aromatic N) is 1. The van der Waals surface area contributed by atoms with E-state index in [1.54, 1.807) is 0 Å². The highest BCUT2D eigenvalue weighted by Crippen LogP contribution is 2.29. The Bertz CT molecular complexity index is 420. The van der Waals surface area contributed by atoms with Crippen molar-refractivity contribution in [2.24, 2.45) is 0 Å². The molecule has 1 rings (SSSR count). The minimum absolute atomic E-state index is 0.0668. The highest BCUT2D eigenvalue weighted by Gasteiger charge is 2.16. The molecule has 0 N–H and O–H groups in total. The number of carbonyl (C=O) groups is 1. The number of nitro groups is 1. The summed E-state index contributed by atoms with van der Waals surface area (Å²) in [7, 11) is 1.19. The van der Waals surface area contributed by atoms with Crippen LogP contribution in [0.15, 0.2) is 18.2 Å². The largest absolute Gasteiger partial charge is 0.475 e. The average Bonchev–Trinajstić information content (AvgIpc) is 2.25. The van der Waals surface area contributed by atoms with Crippen molar-refractivity contribution in [1.82, 2.24) is 0 Å². The van der Waals surface area contributed by atoms with Crippen molar-refractivity contribution < 1.29 is 19.2 Å². The second kappa shape index (κ2) is 5.32. The second-order valence-corrected chi connectivity index (χ2v) is 3.17. The molecule has 0 saturated carbocycles. The first kappa shape index (κ1) is 12.3. The zero-order valence-electron chi connectivity index (χ0n) is 8.31. The number of hydrogen-bond donors (Lipinski definition) is 0. The number of methoxy groups -OCH3 is 1. The molecular weight excluding hydrogens is 238 g/mol. The van der Waals surface area contributed by atoms with Gasteiger partial charge in [0.25, 0.3) is 0 Å². The number of hydrogen-bond acceptors (Lipinski definition) is 5. The maximum absolute atomic E-state index is 10.8. The lowest BCUT2D eigenvalue weighted by Gasteiger charge is -2.05. The zero-order chi connectivity index (χ0) is 12.1. The number of rotatable bonds is 4. The molecule has 1 aromatic carbocycles. The van der Waals surface area contributed by atoms with Gasteiger partial charge in [-0.25, -0.2) is 4.79 Å². The Hall–Kier alpha value is -1.82. The van der Waals surface area contributed by atoms with Crippen LogP contribution in [0.2, 0.25) is 5.02 Å². The lowest BCUT2D eigenvalue weighted by atomic mass is 10.3. The summed E-state index contributed by atoms with van der Waals surface area (Å²) in [6, 6.07) is 3.84. The molecule has 0 bridgehead atoms. The molecule has 0 aliphatic heterocycles. The standard InChI is InChI=1S/C9H8ClNO5/c1-15-9(12)5-16-8-4-6(10)2-3-7(8)11(13)14/h2-4H,5H2,1H3. The fourth-order valence-corrected chi connectivity index (χ4v) is 1.11. The van der Waals surface area contributed by atoms with Crippen molar-refractivity contribution in [2.75, 3.05) is 13.7 Å². The number of nitro benzene ring substituents is 1. The molecule has 86 valence electrons. The molecule has 0 atom stereocenters. The molecule has 0 aliphatic rings. The monoisotopic (exact) mass is 245 g/mol. The molecular formula is C9H8ClNO5. The van der Waals surface area contributed by atoms with Gasteiger partial charge in [0.2, 0.25) is 0 Å². The van der Waals surface area contributed by atoms with Crippen LogP contribution in [0.25, 0.3) is 0 Å². The van der Waals surface area contributed by atoms with Gasteiger partial charge in [0.15, 0.2) is 12.4 Å². The third kappa shape index (κ3) is 3.09. The Morgan fingerprint density at radius 2 is 2.25 bits per heavy atom. The average molecular weight is 246 g/mol. The summed E-state index contributed by atoms with van der Waals surface area (Å²) in [5, 5.41) is 10.9. The van der Waals surface area contributed by atoms with Crippen LogP contribution in [0.5, 0.6) is 5.75 Å². The molecule has 0 amide bonds. The zero-order valence-corrected chi connectivity index (χ0v) is 9.06. The van der Waals surface area contributed by atoms with Gasteiger partial charge in [0, 0.05) is 17.2 Å². The van der Waals surface area contributed by atoms with Crippen LogP contribution in [0.1, 0.15) is 0 Å². The van der Waals surface area contributed by atoms with Crippen molar-refractivity contribution >= 4 is 23.3 Å². The summed E-state index contributed by atoms with van der Waals surface area (Å²) in [6.07, 6.45) is 0. The predicted molar refractivity (Wildman–Crippen MR) is 55.6 cm³/mol. The van der Waals surface area contributed by atoms with Crippen LogP contribution in [0.4, 0.5) is 5.69 Å². The topological polar surface area (TPSA) is 78.7 Å². The highest BCUT2D eigenvalue weighted by atomic mass is 35.5. The Morgan fingerprint density at radius 3 is 2.81 bits per heavy atom. The Morgan fingerprint density at radius 1 is 1.56 bits per heavy atom. The van der Waals surface area contributed by atoms with E-state index in [2.05, 4.69) is 4.74 Å². The third-order valence-corrected chi connectivity index (χ3v) is 1.93.